The van der Waals surface area contributed by atoms with Gasteiger partial charge in [-0.1, -0.05) is 23.5 Å². The van der Waals surface area contributed by atoms with Gasteiger partial charge in [0.25, 0.3) is 5.91 Å². The van der Waals surface area contributed by atoms with E-state index in [-0.39, 0.29) is 5.91 Å². The highest BCUT2D eigenvalue weighted by Gasteiger charge is 2.24. The molecule has 1 aliphatic heterocycles. The number of carbonyl (C=O) groups excluding carboxylic acids is 1. The van der Waals surface area contributed by atoms with Crippen molar-refractivity contribution in [2.24, 2.45) is 4.99 Å². The topological polar surface area (TPSA) is 89.6 Å². The molecule has 22 heavy (non-hydrogen) atoms. The Labute approximate surface area is 135 Å². The first-order valence-corrected chi connectivity index (χ1v) is 7.93. The number of nitrogen functional groups attached to an aromatic ring is 1. The van der Waals surface area contributed by atoms with Gasteiger partial charge in [0.1, 0.15) is 11.4 Å². The molecule has 1 aliphatic rings. The number of nitrogens with zero attached hydrogens (tertiary/aromatic N) is 2. The van der Waals surface area contributed by atoms with Crippen molar-refractivity contribution in [3.63, 3.8) is 0 Å². The fraction of sp³-hybridized carbons (Fsp3) is 0.0714. The lowest BCUT2D eigenvalue weighted by Gasteiger charge is -2.03. The van der Waals surface area contributed by atoms with Crippen LogP contribution < -0.4 is 15.8 Å². The van der Waals surface area contributed by atoms with Gasteiger partial charge in [-0.25, -0.2) is 9.98 Å². The van der Waals surface area contributed by atoms with Crippen LogP contribution in [0.15, 0.2) is 40.4 Å². The molecule has 0 saturated carbocycles. The first-order chi connectivity index (χ1) is 10.7. The lowest BCUT2D eigenvalue weighted by molar-refractivity contribution is -0.115. The molecule has 0 aliphatic carbocycles. The Bertz CT molecular complexity index is 783. The zero-order valence-corrected chi connectivity index (χ0v) is 13.2. The molecule has 2 aromatic rings. The minimum absolute atomic E-state index is 0.189. The van der Waals surface area contributed by atoms with Crippen LogP contribution >= 0.6 is 23.1 Å². The predicted molar refractivity (Wildman–Crippen MR) is 90.3 cm³/mol. The van der Waals surface area contributed by atoms with E-state index in [2.05, 4.69) is 15.3 Å². The predicted octanol–water partition coefficient (Wildman–Crippen LogP) is 2.63. The number of amides is 1. The van der Waals surface area contributed by atoms with Crippen molar-refractivity contribution in [3.05, 3.63) is 40.2 Å². The maximum Gasteiger partial charge on any atom is 0.264 e. The summed E-state index contributed by atoms with van der Waals surface area (Å²) in [5, 5.41) is 3.72. The number of benzene rings is 1. The lowest BCUT2D eigenvalue weighted by atomic mass is 10.3. The monoisotopic (exact) mass is 332 g/mol. The minimum atomic E-state index is -0.189. The SMILES string of the molecule is COc1ccccc1/N=C1/NC(=O)/C(=C/c2cnc(N)s2)S1. The van der Waals surface area contributed by atoms with Crippen molar-refractivity contribution in [2.75, 3.05) is 12.8 Å². The van der Waals surface area contributed by atoms with E-state index >= 15 is 0 Å². The molecule has 0 radical (unpaired) electrons. The Balaban J connectivity index is 1.85. The molecule has 1 aromatic heterocycles. The zero-order valence-electron chi connectivity index (χ0n) is 11.6. The van der Waals surface area contributed by atoms with Crippen LogP contribution in [0, 0.1) is 0 Å². The van der Waals surface area contributed by atoms with Gasteiger partial charge in [-0.05, 0) is 30.0 Å². The smallest absolute Gasteiger partial charge is 0.264 e. The number of ether oxygens (including phenoxy) is 1. The summed E-state index contributed by atoms with van der Waals surface area (Å²) in [6.07, 6.45) is 3.38. The van der Waals surface area contributed by atoms with Crippen molar-refractivity contribution < 1.29 is 9.53 Å². The minimum Gasteiger partial charge on any atom is -0.494 e. The van der Waals surface area contributed by atoms with Crippen LogP contribution in [0.3, 0.4) is 0 Å². The number of thioether (sulfide) groups is 1. The van der Waals surface area contributed by atoms with E-state index in [0.717, 1.165) is 4.88 Å². The maximum atomic E-state index is 12.0. The number of methoxy groups -OCH3 is 1. The second-order valence-electron chi connectivity index (χ2n) is 4.25. The molecule has 6 nitrogen and oxygen atoms in total. The largest absolute Gasteiger partial charge is 0.494 e. The zero-order chi connectivity index (χ0) is 15.5. The number of carbonyl (C=O) groups is 1. The van der Waals surface area contributed by atoms with Gasteiger partial charge in [0.05, 0.1) is 16.9 Å². The Kier molecular flexibility index (Phi) is 4.12. The fourth-order valence-corrected chi connectivity index (χ4v) is 3.34. The highest BCUT2D eigenvalue weighted by atomic mass is 32.2. The van der Waals surface area contributed by atoms with E-state index in [9.17, 15) is 4.79 Å². The number of hydrogen-bond acceptors (Lipinski definition) is 7. The summed E-state index contributed by atoms with van der Waals surface area (Å²) < 4.78 is 5.24. The van der Waals surface area contributed by atoms with Crippen molar-refractivity contribution in [2.45, 2.75) is 0 Å². The van der Waals surface area contributed by atoms with E-state index in [0.29, 0.717) is 26.6 Å². The number of para-hydroxylation sites is 2. The average Bonchev–Trinajstić information content (AvgIpc) is 3.06. The number of aromatic nitrogens is 1. The van der Waals surface area contributed by atoms with E-state index < -0.39 is 0 Å². The van der Waals surface area contributed by atoms with Gasteiger partial charge < -0.3 is 15.8 Å². The van der Waals surface area contributed by atoms with Crippen LogP contribution in [-0.2, 0) is 4.79 Å². The summed E-state index contributed by atoms with van der Waals surface area (Å²) >= 11 is 2.59. The summed E-state index contributed by atoms with van der Waals surface area (Å²) in [7, 11) is 1.58. The highest BCUT2D eigenvalue weighted by molar-refractivity contribution is 8.18. The van der Waals surface area contributed by atoms with Crippen LogP contribution in [-0.4, -0.2) is 23.2 Å². The number of rotatable bonds is 3. The van der Waals surface area contributed by atoms with Crippen LogP contribution in [0.2, 0.25) is 0 Å². The first-order valence-electron chi connectivity index (χ1n) is 6.29. The molecule has 1 amide bonds. The number of anilines is 1. The summed E-state index contributed by atoms with van der Waals surface area (Å²) in [6, 6.07) is 7.37. The van der Waals surface area contributed by atoms with Crippen LogP contribution in [0.5, 0.6) is 5.75 Å². The Morgan fingerprint density at radius 3 is 2.95 bits per heavy atom. The fourth-order valence-electron chi connectivity index (χ4n) is 1.81. The molecule has 3 N–H and O–H groups in total. The van der Waals surface area contributed by atoms with Gasteiger partial charge in [0, 0.05) is 6.20 Å². The third kappa shape index (κ3) is 3.12. The molecular weight excluding hydrogens is 320 g/mol. The summed E-state index contributed by atoms with van der Waals surface area (Å²) in [5.74, 6) is 0.461. The van der Waals surface area contributed by atoms with Gasteiger partial charge in [-0.2, -0.15) is 0 Å². The van der Waals surface area contributed by atoms with Gasteiger partial charge in [0.15, 0.2) is 10.3 Å². The maximum absolute atomic E-state index is 12.0. The third-order valence-corrected chi connectivity index (χ3v) is 4.46. The molecule has 1 fully saturated rings. The summed E-state index contributed by atoms with van der Waals surface area (Å²) in [4.78, 5) is 21.7. The van der Waals surface area contributed by atoms with E-state index in [1.807, 2.05) is 24.3 Å². The summed E-state index contributed by atoms with van der Waals surface area (Å²) in [6.45, 7) is 0. The van der Waals surface area contributed by atoms with Crippen LogP contribution in [0.25, 0.3) is 6.08 Å². The number of nitrogens with one attached hydrogen (secondary N) is 1. The second kappa shape index (κ2) is 6.20. The number of aliphatic imine (C=N–C) groups is 1. The standard InChI is InChI=1S/C14H12N4O2S2/c1-20-10-5-3-2-4-9(10)17-14-18-12(19)11(22-14)6-8-7-16-13(15)21-8/h2-7H,1H3,(H2,15,16)(H,17,18,19)/b11-6-. The van der Waals surface area contributed by atoms with Gasteiger partial charge in [-0.15, -0.1) is 0 Å². The molecule has 3 rings (SSSR count). The van der Waals surface area contributed by atoms with E-state index in [1.54, 1.807) is 19.4 Å². The molecule has 0 bridgehead atoms. The van der Waals surface area contributed by atoms with Gasteiger partial charge in [-0.3, -0.25) is 4.79 Å². The van der Waals surface area contributed by atoms with E-state index in [4.69, 9.17) is 10.5 Å². The van der Waals surface area contributed by atoms with Crippen molar-refractivity contribution in [1.29, 1.82) is 0 Å². The quantitative estimate of drug-likeness (QED) is 0.843. The lowest BCUT2D eigenvalue weighted by Crippen LogP contribution is -2.19. The molecule has 0 unspecified atom stereocenters. The average molecular weight is 332 g/mol. The second-order valence-corrected chi connectivity index (χ2v) is 6.38. The van der Waals surface area contributed by atoms with Crippen LogP contribution in [0.4, 0.5) is 10.8 Å². The molecule has 0 spiro atoms. The summed E-state index contributed by atoms with van der Waals surface area (Å²) in [5.41, 5.74) is 6.25. The molecule has 1 aromatic carbocycles. The van der Waals surface area contributed by atoms with E-state index in [1.165, 1.54) is 23.1 Å². The molecular formula is C14H12N4O2S2. The first kappa shape index (κ1) is 14.6. The molecule has 2 heterocycles. The number of nitrogens with two attached hydrogens (primary N) is 1. The Morgan fingerprint density at radius 2 is 2.23 bits per heavy atom. The van der Waals surface area contributed by atoms with Crippen molar-refractivity contribution >= 4 is 51.1 Å². The number of hydrogen-bond donors (Lipinski definition) is 2. The molecule has 0 atom stereocenters. The van der Waals surface area contributed by atoms with Gasteiger partial charge >= 0.3 is 0 Å². The van der Waals surface area contributed by atoms with Crippen molar-refractivity contribution in [1.82, 2.24) is 10.3 Å². The molecule has 1 saturated heterocycles. The number of amidine groups is 1. The highest BCUT2D eigenvalue weighted by Crippen LogP contribution is 2.32. The Hall–Kier alpha value is -2.32. The third-order valence-electron chi connectivity index (χ3n) is 2.77. The molecule has 112 valence electrons. The van der Waals surface area contributed by atoms with Crippen molar-refractivity contribution in [3.8, 4) is 5.75 Å². The van der Waals surface area contributed by atoms with Gasteiger partial charge in [0.2, 0.25) is 0 Å². The molecule has 8 heteroatoms. The Morgan fingerprint density at radius 1 is 1.41 bits per heavy atom. The number of thiazole rings is 1. The van der Waals surface area contributed by atoms with Crippen LogP contribution in [0.1, 0.15) is 4.88 Å². The normalized spacial score (nSPS) is 18.0.